The molecule has 0 unspecified atom stereocenters. The normalized spacial score (nSPS) is 12.0. The first kappa shape index (κ1) is 20.4. The first-order chi connectivity index (χ1) is 13.0. The zero-order chi connectivity index (χ0) is 20.8. The Kier molecular flexibility index (Phi) is 5.28. The summed E-state index contributed by atoms with van der Waals surface area (Å²) in [5.74, 6) is 0. The van der Waals surface area contributed by atoms with E-state index in [1.807, 2.05) is 23.9 Å². The highest BCUT2D eigenvalue weighted by molar-refractivity contribution is 6.31. The summed E-state index contributed by atoms with van der Waals surface area (Å²) in [5.41, 5.74) is 6.17. The quantitative estimate of drug-likeness (QED) is 0.584. The molecular weight excluding hydrogens is 370 g/mol. The van der Waals surface area contributed by atoms with E-state index in [-0.39, 0.29) is 16.9 Å². The van der Waals surface area contributed by atoms with Crippen LogP contribution in [0, 0.1) is 13.8 Å². The third-order valence-corrected chi connectivity index (χ3v) is 5.36. The van der Waals surface area contributed by atoms with Gasteiger partial charge < -0.3 is 4.98 Å². The third kappa shape index (κ3) is 3.79. The van der Waals surface area contributed by atoms with Crippen molar-refractivity contribution in [1.82, 2.24) is 14.8 Å². The van der Waals surface area contributed by atoms with Gasteiger partial charge in [-0.05, 0) is 50.3 Å². The van der Waals surface area contributed by atoms with Gasteiger partial charge in [0.2, 0.25) is 0 Å². The van der Waals surface area contributed by atoms with Crippen molar-refractivity contribution in [2.24, 2.45) is 0 Å². The van der Waals surface area contributed by atoms with Crippen LogP contribution >= 0.6 is 11.6 Å². The van der Waals surface area contributed by atoms with E-state index in [1.54, 1.807) is 12.3 Å². The minimum atomic E-state index is -0.0376. The lowest BCUT2D eigenvalue weighted by Gasteiger charge is -2.22. The molecule has 1 aromatic carbocycles. The van der Waals surface area contributed by atoms with Crippen LogP contribution in [0.5, 0.6) is 0 Å². The first-order valence-electron chi connectivity index (χ1n) is 9.58. The van der Waals surface area contributed by atoms with Gasteiger partial charge in [-0.2, -0.15) is 5.10 Å². The summed E-state index contributed by atoms with van der Waals surface area (Å²) in [6.45, 7) is 14.5. The Morgan fingerprint density at radius 2 is 1.82 bits per heavy atom. The second-order valence-electron chi connectivity index (χ2n) is 8.75. The van der Waals surface area contributed by atoms with Crippen molar-refractivity contribution in [1.29, 1.82) is 0 Å². The van der Waals surface area contributed by atoms with Crippen molar-refractivity contribution in [3.05, 3.63) is 62.7 Å². The number of aromatic amines is 1. The van der Waals surface area contributed by atoms with Crippen molar-refractivity contribution in [2.45, 2.75) is 59.9 Å². The largest absolute Gasteiger partial charge is 0.358 e. The molecule has 3 rings (SSSR count). The number of H-pyrrole nitrogens is 1. The van der Waals surface area contributed by atoms with Crippen LogP contribution in [0.4, 0.5) is 0 Å². The molecule has 0 bridgehead atoms. The molecule has 0 saturated carbocycles. The lowest BCUT2D eigenvalue weighted by Crippen LogP contribution is -2.13. The van der Waals surface area contributed by atoms with Crippen LogP contribution in [0.1, 0.15) is 57.5 Å². The molecule has 28 heavy (non-hydrogen) atoms. The van der Waals surface area contributed by atoms with Crippen LogP contribution in [0.25, 0.3) is 22.4 Å². The summed E-state index contributed by atoms with van der Waals surface area (Å²) in [7, 11) is 0. The molecular formula is C23H28ClN3O. The highest BCUT2D eigenvalue weighted by Gasteiger charge is 2.20. The number of rotatable bonds is 3. The van der Waals surface area contributed by atoms with Gasteiger partial charge in [0.1, 0.15) is 0 Å². The standard InChI is InChI=1S/C23H28ClN3O/c1-13(2)27-12-16(11-25-27)22-15(4)26-20(10-21(22)28)17-9-19(24)18(8-14(17)3)23(5,6)7/h8-13H,1-7H3,(H,26,28). The summed E-state index contributed by atoms with van der Waals surface area (Å²) in [4.78, 5) is 16.3. The van der Waals surface area contributed by atoms with Gasteiger partial charge >= 0.3 is 0 Å². The average molecular weight is 398 g/mol. The molecule has 3 aromatic rings. The number of nitrogens with zero attached hydrogens (tertiary/aromatic N) is 2. The van der Waals surface area contributed by atoms with Gasteiger partial charge in [0.15, 0.2) is 5.43 Å². The van der Waals surface area contributed by atoms with Crippen LogP contribution in [-0.4, -0.2) is 14.8 Å². The number of nitrogens with one attached hydrogen (secondary N) is 1. The fourth-order valence-corrected chi connectivity index (χ4v) is 3.94. The summed E-state index contributed by atoms with van der Waals surface area (Å²) < 4.78 is 1.86. The number of pyridine rings is 1. The maximum absolute atomic E-state index is 12.9. The van der Waals surface area contributed by atoms with E-state index in [4.69, 9.17) is 11.6 Å². The molecule has 148 valence electrons. The van der Waals surface area contributed by atoms with Gasteiger partial charge in [0.25, 0.3) is 0 Å². The Balaban J connectivity index is 2.11. The molecule has 0 aliphatic carbocycles. The van der Waals surface area contributed by atoms with Crippen LogP contribution in [0.3, 0.4) is 0 Å². The van der Waals surface area contributed by atoms with Crippen molar-refractivity contribution in [3.63, 3.8) is 0 Å². The molecule has 0 fully saturated rings. The maximum Gasteiger partial charge on any atom is 0.190 e. The predicted molar refractivity (Wildman–Crippen MR) is 117 cm³/mol. The highest BCUT2D eigenvalue weighted by Crippen LogP contribution is 2.35. The Morgan fingerprint density at radius 1 is 1.14 bits per heavy atom. The van der Waals surface area contributed by atoms with Crippen LogP contribution < -0.4 is 5.43 Å². The Labute approximate surface area is 171 Å². The van der Waals surface area contributed by atoms with E-state index < -0.39 is 0 Å². The molecule has 5 heteroatoms. The van der Waals surface area contributed by atoms with Gasteiger partial charge in [-0.15, -0.1) is 0 Å². The molecule has 0 saturated heterocycles. The number of hydrogen-bond acceptors (Lipinski definition) is 2. The fourth-order valence-electron chi connectivity index (χ4n) is 3.49. The maximum atomic E-state index is 12.9. The molecule has 4 nitrogen and oxygen atoms in total. The predicted octanol–water partition coefficient (Wildman–Crippen LogP) is 6.05. The van der Waals surface area contributed by atoms with Gasteiger partial charge in [0.05, 0.1) is 11.8 Å². The number of hydrogen-bond donors (Lipinski definition) is 1. The zero-order valence-corrected chi connectivity index (χ0v) is 18.4. The van der Waals surface area contributed by atoms with E-state index in [2.05, 4.69) is 57.7 Å². The first-order valence-corrected chi connectivity index (χ1v) is 9.96. The monoisotopic (exact) mass is 397 g/mol. The van der Waals surface area contributed by atoms with E-state index in [0.717, 1.165) is 33.6 Å². The molecule has 0 atom stereocenters. The minimum absolute atomic E-state index is 0.0232. The van der Waals surface area contributed by atoms with Crippen LogP contribution in [-0.2, 0) is 5.41 Å². The summed E-state index contributed by atoms with van der Waals surface area (Å²) in [5, 5.41) is 5.08. The minimum Gasteiger partial charge on any atom is -0.358 e. The van der Waals surface area contributed by atoms with Crippen molar-refractivity contribution in [2.75, 3.05) is 0 Å². The Hall–Kier alpha value is -2.33. The number of aryl methyl sites for hydroxylation is 2. The Bertz CT molecular complexity index is 1080. The van der Waals surface area contributed by atoms with E-state index in [9.17, 15) is 4.79 Å². The van der Waals surface area contributed by atoms with E-state index in [1.165, 1.54) is 0 Å². The van der Waals surface area contributed by atoms with E-state index >= 15 is 0 Å². The van der Waals surface area contributed by atoms with Crippen LogP contribution in [0.2, 0.25) is 5.02 Å². The summed E-state index contributed by atoms with van der Waals surface area (Å²) in [6.07, 6.45) is 3.67. The smallest absolute Gasteiger partial charge is 0.190 e. The molecule has 0 radical (unpaired) electrons. The Morgan fingerprint density at radius 3 is 2.36 bits per heavy atom. The van der Waals surface area contributed by atoms with Gasteiger partial charge in [0, 0.05) is 45.8 Å². The number of aromatic nitrogens is 3. The number of halogens is 1. The highest BCUT2D eigenvalue weighted by atomic mass is 35.5. The molecule has 2 heterocycles. The molecule has 2 aromatic heterocycles. The summed E-state index contributed by atoms with van der Waals surface area (Å²) in [6, 6.07) is 5.98. The second kappa shape index (κ2) is 7.25. The number of benzene rings is 1. The third-order valence-electron chi connectivity index (χ3n) is 5.05. The van der Waals surface area contributed by atoms with Gasteiger partial charge in [-0.1, -0.05) is 38.4 Å². The topological polar surface area (TPSA) is 50.7 Å². The molecule has 0 aliphatic rings. The average Bonchev–Trinajstić information content (AvgIpc) is 3.04. The zero-order valence-electron chi connectivity index (χ0n) is 17.6. The van der Waals surface area contributed by atoms with Gasteiger partial charge in [-0.25, -0.2) is 0 Å². The second-order valence-corrected chi connectivity index (χ2v) is 9.15. The van der Waals surface area contributed by atoms with Gasteiger partial charge in [-0.3, -0.25) is 9.48 Å². The van der Waals surface area contributed by atoms with Crippen molar-refractivity contribution < 1.29 is 0 Å². The fraction of sp³-hybridized carbons (Fsp3) is 0.391. The lowest BCUT2D eigenvalue weighted by atomic mass is 9.85. The van der Waals surface area contributed by atoms with E-state index in [0.29, 0.717) is 10.6 Å². The summed E-state index contributed by atoms with van der Waals surface area (Å²) >= 11 is 6.57. The van der Waals surface area contributed by atoms with Crippen molar-refractivity contribution in [3.8, 4) is 22.4 Å². The van der Waals surface area contributed by atoms with Crippen molar-refractivity contribution >= 4 is 11.6 Å². The molecule has 0 aliphatic heterocycles. The SMILES string of the molecule is Cc1cc(C(C)(C)C)c(Cl)cc1-c1cc(=O)c(-c2cnn(C(C)C)c2)c(C)[nH]1. The molecule has 1 N–H and O–H groups in total. The molecule has 0 amide bonds. The molecule has 0 spiro atoms. The van der Waals surface area contributed by atoms with Crippen LogP contribution in [0.15, 0.2) is 35.4 Å². The lowest BCUT2D eigenvalue weighted by molar-refractivity contribution is 0.532.